The third-order valence-corrected chi connectivity index (χ3v) is 4.70. The van der Waals surface area contributed by atoms with E-state index in [0.717, 1.165) is 35.1 Å². The summed E-state index contributed by atoms with van der Waals surface area (Å²) in [5.41, 5.74) is 3.44. The van der Waals surface area contributed by atoms with Crippen molar-refractivity contribution in [2.45, 2.75) is 33.1 Å². The van der Waals surface area contributed by atoms with Gasteiger partial charge < -0.3 is 10.4 Å². The molecule has 1 aromatic carbocycles. The van der Waals surface area contributed by atoms with Crippen LogP contribution >= 0.6 is 15.9 Å². The summed E-state index contributed by atoms with van der Waals surface area (Å²) in [7, 11) is 0. The molecule has 1 aliphatic heterocycles. The molecule has 0 saturated carbocycles. The Morgan fingerprint density at radius 3 is 2.59 bits per heavy atom. The first-order valence-corrected chi connectivity index (χ1v) is 7.07. The fourth-order valence-electron chi connectivity index (χ4n) is 2.61. The molecule has 3 heteroatoms. The van der Waals surface area contributed by atoms with E-state index in [1.807, 2.05) is 6.92 Å². The molecule has 0 aromatic heterocycles. The van der Waals surface area contributed by atoms with Gasteiger partial charge in [-0.25, -0.2) is 0 Å². The minimum atomic E-state index is 0.445. The number of rotatable bonds is 2. The lowest BCUT2D eigenvalue weighted by Gasteiger charge is -2.24. The van der Waals surface area contributed by atoms with Crippen molar-refractivity contribution in [1.82, 2.24) is 5.32 Å². The Bertz CT molecular complexity index is 411. The first-order chi connectivity index (χ1) is 8.09. The highest BCUT2D eigenvalue weighted by Gasteiger charge is 2.18. The van der Waals surface area contributed by atoms with Crippen molar-refractivity contribution < 1.29 is 5.11 Å². The number of nitrogens with one attached hydrogen (secondary N) is 1. The summed E-state index contributed by atoms with van der Waals surface area (Å²) in [4.78, 5) is 0. The highest BCUT2D eigenvalue weighted by atomic mass is 79.9. The summed E-state index contributed by atoms with van der Waals surface area (Å²) >= 11 is 3.47. The molecule has 2 N–H and O–H groups in total. The van der Waals surface area contributed by atoms with Gasteiger partial charge in [-0.15, -0.1) is 0 Å². The van der Waals surface area contributed by atoms with Crippen LogP contribution in [-0.2, 0) is 6.42 Å². The predicted octanol–water partition coefficient (Wildman–Crippen LogP) is 3.31. The maximum Gasteiger partial charge on any atom is 0.133 e. The van der Waals surface area contributed by atoms with Crippen LogP contribution in [0.2, 0.25) is 0 Å². The maximum atomic E-state index is 10.2. The number of aromatic hydroxyl groups is 1. The number of phenols is 1. The van der Waals surface area contributed by atoms with Crippen molar-refractivity contribution in [2.75, 3.05) is 13.1 Å². The van der Waals surface area contributed by atoms with Crippen LogP contribution in [0.15, 0.2) is 10.5 Å². The molecule has 1 heterocycles. The second-order valence-electron chi connectivity index (χ2n) is 5.05. The molecule has 0 amide bonds. The molecule has 1 aromatic rings. The van der Waals surface area contributed by atoms with E-state index in [1.165, 1.54) is 18.4 Å². The molecule has 0 unspecified atom stereocenters. The molecule has 1 aliphatic rings. The van der Waals surface area contributed by atoms with E-state index in [9.17, 15) is 5.11 Å². The van der Waals surface area contributed by atoms with Crippen LogP contribution in [0.1, 0.15) is 29.5 Å². The lowest BCUT2D eigenvalue weighted by molar-refractivity contribution is 0.365. The second-order valence-corrected chi connectivity index (χ2v) is 5.84. The van der Waals surface area contributed by atoms with Crippen molar-refractivity contribution in [2.24, 2.45) is 5.92 Å². The van der Waals surface area contributed by atoms with Gasteiger partial charge in [0.1, 0.15) is 5.75 Å². The van der Waals surface area contributed by atoms with Crippen molar-refractivity contribution in [1.29, 1.82) is 0 Å². The van der Waals surface area contributed by atoms with E-state index in [0.29, 0.717) is 11.7 Å². The predicted molar refractivity (Wildman–Crippen MR) is 74.6 cm³/mol. The highest BCUT2D eigenvalue weighted by molar-refractivity contribution is 9.10. The van der Waals surface area contributed by atoms with Crippen LogP contribution in [0.3, 0.4) is 0 Å². The number of piperidine rings is 1. The standard InChI is InChI=1S/C14H20BrNO/c1-9-7-10(2)13(15)14(17)12(9)8-11-3-5-16-6-4-11/h7,11,16-17H,3-6,8H2,1-2H3. The van der Waals surface area contributed by atoms with E-state index in [2.05, 4.69) is 34.2 Å². The van der Waals surface area contributed by atoms with Gasteiger partial charge in [0.25, 0.3) is 0 Å². The molecule has 0 aliphatic carbocycles. The number of phenolic OH excluding ortho intramolecular Hbond substituents is 1. The van der Waals surface area contributed by atoms with Crippen LogP contribution in [0.5, 0.6) is 5.75 Å². The van der Waals surface area contributed by atoms with E-state index < -0.39 is 0 Å². The number of benzene rings is 1. The van der Waals surface area contributed by atoms with Crippen molar-refractivity contribution in [3.8, 4) is 5.75 Å². The molecule has 2 rings (SSSR count). The fourth-order valence-corrected chi connectivity index (χ4v) is 2.97. The summed E-state index contributed by atoms with van der Waals surface area (Å²) in [6.45, 7) is 6.33. The minimum Gasteiger partial charge on any atom is -0.506 e. The Morgan fingerprint density at radius 2 is 1.94 bits per heavy atom. The highest BCUT2D eigenvalue weighted by Crippen LogP contribution is 2.35. The fraction of sp³-hybridized carbons (Fsp3) is 0.571. The van der Waals surface area contributed by atoms with E-state index in [-0.39, 0.29) is 0 Å². The lowest BCUT2D eigenvalue weighted by atomic mass is 9.88. The topological polar surface area (TPSA) is 32.3 Å². The Balaban J connectivity index is 2.22. The lowest BCUT2D eigenvalue weighted by Crippen LogP contribution is -2.28. The molecular weight excluding hydrogens is 278 g/mol. The molecule has 17 heavy (non-hydrogen) atoms. The summed E-state index contributed by atoms with van der Waals surface area (Å²) in [6, 6.07) is 2.15. The zero-order valence-corrected chi connectivity index (χ0v) is 12.1. The molecule has 94 valence electrons. The van der Waals surface area contributed by atoms with Gasteiger partial charge in [-0.1, -0.05) is 6.07 Å². The van der Waals surface area contributed by atoms with Gasteiger partial charge in [-0.2, -0.15) is 0 Å². The van der Waals surface area contributed by atoms with Crippen LogP contribution in [0.4, 0.5) is 0 Å². The molecule has 0 atom stereocenters. The quantitative estimate of drug-likeness (QED) is 0.878. The van der Waals surface area contributed by atoms with Crippen molar-refractivity contribution in [3.05, 3.63) is 27.2 Å². The Hall–Kier alpha value is -0.540. The summed E-state index contributed by atoms with van der Waals surface area (Å²) in [6.07, 6.45) is 3.42. The largest absolute Gasteiger partial charge is 0.506 e. The van der Waals surface area contributed by atoms with Gasteiger partial charge in [-0.05, 0) is 84.7 Å². The molecule has 0 spiro atoms. The molecule has 0 bridgehead atoms. The van der Waals surface area contributed by atoms with E-state index in [1.54, 1.807) is 0 Å². The Kier molecular flexibility index (Phi) is 4.10. The Morgan fingerprint density at radius 1 is 1.29 bits per heavy atom. The zero-order chi connectivity index (χ0) is 12.4. The molecule has 2 nitrogen and oxygen atoms in total. The van der Waals surface area contributed by atoms with Gasteiger partial charge >= 0.3 is 0 Å². The van der Waals surface area contributed by atoms with Crippen LogP contribution in [0, 0.1) is 19.8 Å². The van der Waals surface area contributed by atoms with Crippen LogP contribution in [0.25, 0.3) is 0 Å². The zero-order valence-electron chi connectivity index (χ0n) is 10.5. The SMILES string of the molecule is Cc1cc(C)c(CC2CCNCC2)c(O)c1Br. The number of hydrogen-bond donors (Lipinski definition) is 2. The number of halogens is 1. The normalized spacial score (nSPS) is 17.4. The number of hydrogen-bond acceptors (Lipinski definition) is 2. The van der Waals surface area contributed by atoms with Gasteiger partial charge in [0.05, 0.1) is 4.47 Å². The summed E-state index contributed by atoms with van der Waals surface area (Å²) in [5, 5.41) is 13.6. The first kappa shape index (κ1) is 12.9. The second kappa shape index (κ2) is 5.40. The van der Waals surface area contributed by atoms with Crippen LogP contribution < -0.4 is 5.32 Å². The van der Waals surface area contributed by atoms with Gasteiger partial charge in [0, 0.05) is 0 Å². The summed E-state index contributed by atoms with van der Waals surface area (Å²) < 4.78 is 0.854. The molecule has 1 saturated heterocycles. The van der Waals surface area contributed by atoms with Gasteiger partial charge in [0.2, 0.25) is 0 Å². The maximum absolute atomic E-state index is 10.2. The monoisotopic (exact) mass is 297 g/mol. The number of aryl methyl sites for hydroxylation is 2. The molecule has 0 radical (unpaired) electrons. The van der Waals surface area contributed by atoms with E-state index >= 15 is 0 Å². The van der Waals surface area contributed by atoms with Gasteiger partial charge in [0.15, 0.2) is 0 Å². The smallest absolute Gasteiger partial charge is 0.133 e. The summed E-state index contributed by atoms with van der Waals surface area (Å²) in [5.74, 6) is 1.15. The third-order valence-electron chi connectivity index (χ3n) is 3.70. The first-order valence-electron chi connectivity index (χ1n) is 6.28. The molecule has 1 fully saturated rings. The average Bonchev–Trinajstić information content (AvgIpc) is 2.33. The Labute approximate surface area is 112 Å². The van der Waals surface area contributed by atoms with Crippen molar-refractivity contribution >= 4 is 15.9 Å². The minimum absolute atomic E-state index is 0.445. The average molecular weight is 298 g/mol. The third kappa shape index (κ3) is 2.83. The van der Waals surface area contributed by atoms with Crippen LogP contribution in [-0.4, -0.2) is 18.2 Å². The van der Waals surface area contributed by atoms with Gasteiger partial charge in [-0.3, -0.25) is 0 Å². The van der Waals surface area contributed by atoms with E-state index in [4.69, 9.17) is 0 Å². The van der Waals surface area contributed by atoms with Crippen molar-refractivity contribution in [3.63, 3.8) is 0 Å². The molecular formula is C14H20BrNO.